The number of halogens is 1. The van der Waals surface area contributed by atoms with Gasteiger partial charge in [0.15, 0.2) is 6.10 Å². The van der Waals surface area contributed by atoms with Crippen LogP contribution in [0.25, 0.3) is 0 Å². The van der Waals surface area contributed by atoms with E-state index in [-0.39, 0.29) is 5.97 Å². The van der Waals surface area contributed by atoms with Gasteiger partial charge in [-0.3, -0.25) is 0 Å². The van der Waals surface area contributed by atoms with E-state index in [2.05, 4.69) is 13.8 Å². The smallest absolute Gasteiger partial charge is 0.347 e. The molecule has 0 aliphatic rings. The van der Waals surface area contributed by atoms with E-state index in [1.54, 1.807) is 12.1 Å². The zero-order valence-electron chi connectivity index (χ0n) is 14.7. The lowest BCUT2D eigenvalue weighted by molar-refractivity contribution is -0.152. The number of carbonyl (C=O) groups excluding carboxylic acids is 1. The number of rotatable bonds is 10. The van der Waals surface area contributed by atoms with Gasteiger partial charge in [-0.1, -0.05) is 51.6 Å². The fourth-order valence-electron chi connectivity index (χ4n) is 2.29. The predicted molar refractivity (Wildman–Crippen MR) is 95.2 cm³/mol. The molecule has 0 radical (unpaired) electrons. The van der Waals surface area contributed by atoms with Crippen LogP contribution >= 0.6 is 11.6 Å². The number of ether oxygens (including phenoxy) is 2. The highest BCUT2D eigenvalue weighted by atomic mass is 35.5. The van der Waals surface area contributed by atoms with E-state index in [4.69, 9.17) is 21.1 Å². The summed E-state index contributed by atoms with van der Waals surface area (Å²) >= 11 is 5.93. The van der Waals surface area contributed by atoms with Gasteiger partial charge < -0.3 is 9.47 Å². The number of carbonyl (C=O) groups is 1. The largest absolute Gasteiger partial charge is 0.478 e. The van der Waals surface area contributed by atoms with Gasteiger partial charge >= 0.3 is 5.97 Å². The van der Waals surface area contributed by atoms with Crippen LogP contribution in [0.15, 0.2) is 18.2 Å². The number of esters is 1. The second-order valence-corrected chi connectivity index (χ2v) is 6.77. The normalized spacial score (nSPS) is 12.3. The number of unbranched alkanes of at least 4 members (excludes halogenated alkanes) is 2. The summed E-state index contributed by atoms with van der Waals surface area (Å²) in [7, 11) is 0. The number of hydrogen-bond donors (Lipinski definition) is 0. The maximum Gasteiger partial charge on any atom is 0.347 e. The van der Waals surface area contributed by atoms with Crippen molar-refractivity contribution >= 4 is 17.6 Å². The maximum atomic E-state index is 12.1. The number of benzene rings is 1. The van der Waals surface area contributed by atoms with Crippen molar-refractivity contribution in [3.8, 4) is 5.75 Å². The average molecular weight is 341 g/mol. The Bertz CT molecular complexity index is 486. The van der Waals surface area contributed by atoms with Crippen molar-refractivity contribution in [1.29, 1.82) is 0 Å². The van der Waals surface area contributed by atoms with Crippen LogP contribution in [0.3, 0.4) is 0 Å². The molecule has 0 N–H and O–H groups in total. The Labute approximate surface area is 145 Å². The minimum absolute atomic E-state index is 0.286. The molecule has 4 heteroatoms. The van der Waals surface area contributed by atoms with Crippen LogP contribution in [-0.4, -0.2) is 18.7 Å². The van der Waals surface area contributed by atoms with Crippen LogP contribution in [0.5, 0.6) is 5.75 Å². The van der Waals surface area contributed by atoms with Gasteiger partial charge in [0, 0.05) is 5.02 Å². The average Bonchev–Trinajstić information content (AvgIpc) is 2.49. The van der Waals surface area contributed by atoms with Gasteiger partial charge in [-0.25, -0.2) is 4.79 Å². The van der Waals surface area contributed by atoms with E-state index >= 15 is 0 Å². The van der Waals surface area contributed by atoms with Crippen LogP contribution in [0.1, 0.15) is 58.4 Å². The molecular weight excluding hydrogens is 312 g/mol. The van der Waals surface area contributed by atoms with E-state index in [1.807, 2.05) is 19.9 Å². The number of hydrogen-bond acceptors (Lipinski definition) is 3. The topological polar surface area (TPSA) is 35.5 Å². The molecule has 0 fully saturated rings. The van der Waals surface area contributed by atoms with Crippen molar-refractivity contribution in [3.05, 3.63) is 28.8 Å². The van der Waals surface area contributed by atoms with Crippen molar-refractivity contribution in [2.24, 2.45) is 5.92 Å². The molecule has 3 nitrogen and oxygen atoms in total. The first-order valence-corrected chi connectivity index (χ1v) is 8.91. The third-order valence-corrected chi connectivity index (χ3v) is 3.95. The van der Waals surface area contributed by atoms with Crippen molar-refractivity contribution in [3.63, 3.8) is 0 Å². The summed E-state index contributed by atoms with van der Waals surface area (Å²) in [6, 6.07) is 5.37. The van der Waals surface area contributed by atoms with E-state index in [1.165, 1.54) is 12.8 Å². The Balaban J connectivity index is 2.37. The summed E-state index contributed by atoms with van der Waals surface area (Å²) in [5, 5.41) is 0.659. The van der Waals surface area contributed by atoms with Crippen LogP contribution in [0.4, 0.5) is 0 Å². The fraction of sp³-hybridized carbons (Fsp3) is 0.632. The van der Waals surface area contributed by atoms with E-state index < -0.39 is 6.10 Å². The van der Waals surface area contributed by atoms with Gasteiger partial charge in [0.05, 0.1) is 6.61 Å². The van der Waals surface area contributed by atoms with Gasteiger partial charge in [-0.05, 0) is 49.4 Å². The van der Waals surface area contributed by atoms with Crippen molar-refractivity contribution in [1.82, 2.24) is 0 Å². The molecule has 0 aromatic heterocycles. The maximum absolute atomic E-state index is 12.1. The Morgan fingerprint density at radius 1 is 1.22 bits per heavy atom. The standard InChI is InChI=1S/C19H29ClO3/c1-5-17(23-18-11-10-16(20)13-15(18)4)19(21)22-12-8-6-7-9-14(2)3/h10-11,13-14,17H,5-9,12H2,1-4H3. The van der Waals surface area contributed by atoms with Crippen molar-refractivity contribution < 1.29 is 14.3 Å². The molecule has 1 aromatic carbocycles. The summed E-state index contributed by atoms with van der Waals surface area (Å²) in [4.78, 5) is 12.1. The lowest BCUT2D eigenvalue weighted by atomic mass is 10.1. The first-order valence-electron chi connectivity index (χ1n) is 8.53. The molecule has 0 spiro atoms. The van der Waals surface area contributed by atoms with Crippen LogP contribution < -0.4 is 4.74 Å². The molecule has 0 saturated carbocycles. The Hall–Kier alpha value is -1.22. The first kappa shape index (κ1) is 19.8. The van der Waals surface area contributed by atoms with Crippen molar-refractivity contribution in [2.45, 2.75) is 65.9 Å². The Morgan fingerprint density at radius 3 is 2.57 bits per heavy atom. The minimum Gasteiger partial charge on any atom is -0.478 e. The summed E-state index contributed by atoms with van der Waals surface area (Å²) < 4.78 is 11.1. The van der Waals surface area contributed by atoms with Gasteiger partial charge in [-0.15, -0.1) is 0 Å². The van der Waals surface area contributed by atoms with Crippen LogP contribution in [-0.2, 0) is 9.53 Å². The van der Waals surface area contributed by atoms with Gasteiger partial charge in [-0.2, -0.15) is 0 Å². The van der Waals surface area contributed by atoms with Gasteiger partial charge in [0.2, 0.25) is 0 Å². The predicted octanol–water partition coefficient (Wildman–Crippen LogP) is 5.57. The Kier molecular flexibility index (Phi) is 9.08. The zero-order chi connectivity index (χ0) is 17.2. The molecule has 0 saturated heterocycles. The fourth-order valence-corrected chi connectivity index (χ4v) is 2.52. The lowest BCUT2D eigenvalue weighted by Gasteiger charge is -2.18. The quantitative estimate of drug-likeness (QED) is 0.413. The Morgan fingerprint density at radius 2 is 1.96 bits per heavy atom. The zero-order valence-corrected chi connectivity index (χ0v) is 15.5. The lowest BCUT2D eigenvalue weighted by Crippen LogP contribution is -2.29. The van der Waals surface area contributed by atoms with Crippen LogP contribution in [0, 0.1) is 12.8 Å². The highest BCUT2D eigenvalue weighted by molar-refractivity contribution is 6.30. The minimum atomic E-state index is -0.564. The highest BCUT2D eigenvalue weighted by Gasteiger charge is 2.20. The third-order valence-electron chi connectivity index (χ3n) is 3.71. The summed E-state index contributed by atoms with van der Waals surface area (Å²) in [5.41, 5.74) is 0.914. The summed E-state index contributed by atoms with van der Waals surface area (Å²) in [6.07, 6.45) is 4.44. The van der Waals surface area contributed by atoms with Gasteiger partial charge in [0.25, 0.3) is 0 Å². The molecule has 1 rings (SSSR count). The molecule has 1 aromatic rings. The molecule has 1 unspecified atom stereocenters. The molecule has 1 atom stereocenters. The molecular formula is C19H29ClO3. The first-order chi connectivity index (χ1) is 10.9. The highest BCUT2D eigenvalue weighted by Crippen LogP contribution is 2.23. The molecule has 130 valence electrons. The molecule has 0 aliphatic carbocycles. The second-order valence-electron chi connectivity index (χ2n) is 6.34. The van der Waals surface area contributed by atoms with E-state index in [0.29, 0.717) is 23.8 Å². The SMILES string of the molecule is CCC(Oc1ccc(Cl)cc1C)C(=O)OCCCCCC(C)C. The summed E-state index contributed by atoms with van der Waals surface area (Å²) in [6.45, 7) is 8.74. The number of aryl methyl sites for hydroxylation is 1. The molecule has 0 aliphatic heterocycles. The second kappa shape index (κ2) is 10.5. The molecule has 0 heterocycles. The van der Waals surface area contributed by atoms with E-state index in [9.17, 15) is 4.79 Å². The van der Waals surface area contributed by atoms with Gasteiger partial charge in [0.1, 0.15) is 5.75 Å². The summed E-state index contributed by atoms with van der Waals surface area (Å²) in [5.74, 6) is 1.12. The van der Waals surface area contributed by atoms with E-state index in [0.717, 1.165) is 24.3 Å². The molecule has 0 bridgehead atoms. The van der Waals surface area contributed by atoms with Crippen LogP contribution in [0.2, 0.25) is 5.02 Å². The third kappa shape index (κ3) is 7.74. The molecule has 0 amide bonds. The monoisotopic (exact) mass is 340 g/mol. The molecule has 23 heavy (non-hydrogen) atoms. The van der Waals surface area contributed by atoms with Crippen molar-refractivity contribution in [2.75, 3.05) is 6.61 Å².